The van der Waals surface area contributed by atoms with Gasteiger partial charge in [-0.15, -0.1) is 11.3 Å². The van der Waals surface area contributed by atoms with Gasteiger partial charge in [0.05, 0.1) is 12.0 Å². The Labute approximate surface area is 125 Å². The second-order valence-corrected chi connectivity index (χ2v) is 5.08. The molecule has 0 spiro atoms. The van der Waals surface area contributed by atoms with Crippen LogP contribution in [0.5, 0.6) is 0 Å². The van der Waals surface area contributed by atoms with Crippen LogP contribution in [0.25, 0.3) is 10.6 Å². The Morgan fingerprint density at radius 2 is 2.33 bits per heavy atom. The molecule has 2 heterocycles. The highest BCUT2D eigenvalue weighted by Gasteiger charge is 2.15. The van der Waals surface area contributed by atoms with Crippen molar-refractivity contribution in [3.8, 4) is 10.6 Å². The molecular weight excluding hydrogens is 294 g/mol. The Morgan fingerprint density at radius 3 is 3.00 bits per heavy atom. The lowest BCUT2D eigenvalue weighted by Crippen LogP contribution is -2.31. The Bertz CT molecular complexity index is 609. The molecular formula is C13H15N3O4S. The second-order valence-electron chi connectivity index (χ2n) is 4.13. The SMILES string of the molecule is CON(C)C(=O)CCNC(=O)c1cc(-c2cccs2)on1. The van der Waals surface area contributed by atoms with Gasteiger partial charge in [0.2, 0.25) is 5.91 Å². The van der Waals surface area contributed by atoms with Crippen molar-refractivity contribution in [3.63, 3.8) is 0 Å². The summed E-state index contributed by atoms with van der Waals surface area (Å²) in [6.45, 7) is 0.201. The van der Waals surface area contributed by atoms with Gasteiger partial charge in [0.1, 0.15) is 0 Å². The van der Waals surface area contributed by atoms with Gasteiger partial charge in [0.15, 0.2) is 11.5 Å². The number of hydrogen-bond acceptors (Lipinski definition) is 6. The molecule has 0 radical (unpaired) electrons. The monoisotopic (exact) mass is 309 g/mol. The van der Waals surface area contributed by atoms with Crippen molar-refractivity contribution in [2.24, 2.45) is 0 Å². The first-order chi connectivity index (χ1) is 10.1. The van der Waals surface area contributed by atoms with Crippen molar-refractivity contribution < 1.29 is 18.9 Å². The molecule has 0 aliphatic carbocycles. The van der Waals surface area contributed by atoms with Gasteiger partial charge in [0, 0.05) is 26.1 Å². The van der Waals surface area contributed by atoms with Crippen molar-refractivity contribution in [2.45, 2.75) is 6.42 Å². The van der Waals surface area contributed by atoms with E-state index in [1.165, 1.54) is 25.5 Å². The summed E-state index contributed by atoms with van der Waals surface area (Å²) in [4.78, 5) is 29.0. The van der Waals surface area contributed by atoms with Gasteiger partial charge in [-0.2, -0.15) is 0 Å². The van der Waals surface area contributed by atoms with E-state index in [0.717, 1.165) is 9.94 Å². The minimum atomic E-state index is -0.380. The summed E-state index contributed by atoms with van der Waals surface area (Å²) in [5.41, 5.74) is 0.186. The Kier molecular flexibility index (Phi) is 5.07. The third-order valence-corrected chi connectivity index (χ3v) is 3.64. The van der Waals surface area contributed by atoms with Crippen LogP contribution in [-0.2, 0) is 9.63 Å². The summed E-state index contributed by atoms with van der Waals surface area (Å²) in [6, 6.07) is 5.34. The molecule has 2 amide bonds. The third-order valence-electron chi connectivity index (χ3n) is 2.76. The number of hydroxylamine groups is 2. The average molecular weight is 309 g/mol. The number of nitrogens with zero attached hydrogens (tertiary/aromatic N) is 2. The fraction of sp³-hybridized carbons (Fsp3) is 0.308. The molecule has 112 valence electrons. The fourth-order valence-electron chi connectivity index (χ4n) is 1.55. The quantitative estimate of drug-likeness (QED) is 0.818. The molecule has 2 aromatic rings. The molecule has 0 fully saturated rings. The highest BCUT2D eigenvalue weighted by molar-refractivity contribution is 7.13. The first kappa shape index (κ1) is 15.2. The zero-order valence-corrected chi connectivity index (χ0v) is 12.5. The number of aromatic nitrogens is 1. The van der Waals surface area contributed by atoms with E-state index < -0.39 is 0 Å². The number of rotatable bonds is 6. The smallest absolute Gasteiger partial charge is 0.273 e. The van der Waals surface area contributed by atoms with Crippen LogP contribution in [0.15, 0.2) is 28.1 Å². The zero-order chi connectivity index (χ0) is 15.2. The summed E-state index contributed by atoms with van der Waals surface area (Å²) >= 11 is 1.50. The molecule has 0 atom stereocenters. The van der Waals surface area contributed by atoms with E-state index in [-0.39, 0.29) is 30.5 Å². The fourth-order valence-corrected chi connectivity index (χ4v) is 2.22. The van der Waals surface area contributed by atoms with E-state index in [9.17, 15) is 9.59 Å². The lowest BCUT2D eigenvalue weighted by atomic mass is 10.3. The van der Waals surface area contributed by atoms with Gasteiger partial charge >= 0.3 is 0 Å². The topological polar surface area (TPSA) is 84.7 Å². The molecule has 0 aliphatic rings. The molecule has 0 bridgehead atoms. The summed E-state index contributed by atoms with van der Waals surface area (Å²) in [7, 11) is 2.91. The Hall–Kier alpha value is -2.19. The van der Waals surface area contributed by atoms with E-state index in [1.807, 2.05) is 17.5 Å². The number of thiophene rings is 1. The number of nitrogens with one attached hydrogen (secondary N) is 1. The van der Waals surface area contributed by atoms with Crippen molar-refractivity contribution in [2.75, 3.05) is 20.7 Å². The molecule has 1 N–H and O–H groups in total. The third kappa shape index (κ3) is 3.89. The van der Waals surface area contributed by atoms with Crippen molar-refractivity contribution >= 4 is 23.2 Å². The summed E-state index contributed by atoms with van der Waals surface area (Å²) in [5, 5.41) is 9.35. The van der Waals surface area contributed by atoms with Gasteiger partial charge in [-0.3, -0.25) is 14.4 Å². The summed E-state index contributed by atoms with van der Waals surface area (Å²) < 4.78 is 5.12. The van der Waals surface area contributed by atoms with Gasteiger partial charge in [-0.05, 0) is 11.4 Å². The lowest BCUT2D eigenvalue weighted by molar-refractivity contribution is -0.168. The maximum atomic E-state index is 11.9. The first-order valence-corrected chi connectivity index (χ1v) is 7.09. The lowest BCUT2D eigenvalue weighted by Gasteiger charge is -2.13. The summed E-state index contributed by atoms with van der Waals surface area (Å²) in [5.74, 6) is -0.0583. The van der Waals surface area contributed by atoms with Crippen LogP contribution in [0, 0.1) is 0 Å². The highest BCUT2D eigenvalue weighted by Crippen LogP contribution is 2.24. The van der Waals surface area contributed by atoms with Crippen LogP contribution in [0.1, 0.15) is 16.9 Å². The predicted molar refractivity (Wildman–Crippen MR) is 76.5 cm³/mol. The maximum absolute atomic E-state index is 11.9. The molecule has 0 saturated heterocycles. The Balaban J connectivity index is 1.85. The number of carbonyl (C=O) groups excluding carboxylic acids is 2. The maximum Gasteiger partial charge on any atom is 0.273 e. The van der Waals surface area contributed by atoms with E-state index in [2.05, 4.69) is 10.5 Å². The van der Waals surface area contributed by atoms with Crippen molar-refractivity contribution in [1.82, 2.24) is 15.5 Å². The minimum Gasteiger partial charge on any atom is -0.355 e. The zero-order valence-electron chi connectivity index (χ0n) is 11.7. The van der Waals surface area contributed by atoms with Crippen LogP contribution < -0.4 is 5.32 Å². The van der Waals surface area contributed by atoms with E-state index in [0.29, 0.717) is 5.76 Å². The van der Waals surface area contributed by atoms with E-state index in [4.69, 9.17) is 9.36 Å². The van der Waals surface area contributed by atoms with Gasteiger partial charge in [-0.1, -0.05) is 11.2 Å². The normalized spacial score (nSPS) is 10.4. The standard InChI is InChI=1S/C13H15N3O4S/c1-16(19-2)12(17)5-6-14-13(18)9-8-10(20-15-9)11-4-3-7-21-11/h3-4,7-8H,5-6H2,1-2H3,(H,14,18). The van der Waals surface area contributed by atoms with Crippen LogP contribution in [0.4, 0.5) is 0 Å². The van der Waals surface area contributed by atoms with E-state index in [1.54, 1.807) is 6.07 Å². The molecule has 0 aliphatic heterocycles. The van der Waals surface area contributed by atoms with E-state index >= 15 is 0 Å². The number of hydrogen-bond donors (Lipinski definition) is 1. The van der Waals surface area contributed by atoms with Crippen LogP contribution >= 0.6 is 11.3 Å². The van der Waals surface area contributed by atoms with Gasteiger partial charge in [-0.25, -0.2) is 5.06 Å². The Morgan fingerprint density at radius 1 is 1.52 bits per heavy atom. The highest BCUT2D eigenvalue weighted by atomic mass is 32.1. The first-order valence-electron chi connectivity index (χ1n) is 6.21. The molecule has 21 heavy (non-hydrogen) atoms. The number of carbonyl (C=O) groups is 2. The molecule has 0 aromatic carbocycles. The van der Waals surface area contributed by atoms with Crippen LogP contribution in [-0.4, -0.2) is 42.7 Å². The largest absolute Gasteiger partial charge is 0.355 e. The minimum absolute atomic E-state index is 0.145. The van der Waals surface area contributed by atoms with Crippen molar-refractivity contribution in [1.29, 1.82) is 0 Å². The molecule has 0 saturated carbocycles. The number of amides is 2. The molecule has 2 aromatic heterocycles. The van der Waals surface area contributed by atoms with Gasteiger partial charge in [0.25, 0.3) is 5.91 Å². The average Bonchev–Trinajstić information content (AvgIpc) is 3.16. The summed E-state index contributed by atoms with van der Waals surface area (Å²) in [6.07, 6.45) is 0.145. The molecule has 2 rings (SSSR count). The molecule has 8 heteroatoms. The van der Waals surface area contributed by atoms with Crippen LogP contribution in [0.3, 0.4) is 0 Å². The molecule has 7 nitrogen and oxygen atoms in total. The predicted octanol–water partition coefficient (Wildman–Crippen LogP) is 1.54. The van der Waals surface area contributed by atoms with Gasteiger partial charge < -0.3 is 9.84 Å². The molecule has 0 unspecified atom stereocenters. The van der Waals surface area contributed by atoms with Crippen LogP contribution in [0.2, 0.25) is 0 Å². The second kappa shape index (κ2) is 7.00. The van der Waals surface area contributed by atoms with Crippen molar-refractivity contribution in [3.05, 3.63) is 29.3 Å².